The lowest BCUT2D eigenvalue weighted by molar-refractivity contribution is -0.0496. The van der Waals surface area contributed by atoms with E-state index in [-0.39, 0.29) is 25.5 Å². The van der Waals surface area contributed by atoms with Crippen molar-refractivity contribution in [2.45, 2.75) is 30.0 Å². The van der Waals surface area contributed by atoms with Crippen LogP contribution in [0.5, 0.6) is 0 Å². The van der Waals surface area contributed by atoms with E-state index in [1.807, 2.05) is 0 Å². The first kappa shape index (κ1) is 30.9. The third kappa shape index (κ3) is 6.39. The number of hydrogen-bond acceptors (Lipinski definition) is 5. The zero-order chi connectivity index (χ0) is 30.7. The predicted octanol–water partition coefficient (Wildman–Crippen LogP) is 9.79. The summed E-state index contributed by atoms with van der Waals surface area (Å²) in [5.74, 6) is -0.257. The zero-order valence-corrected chi connectivity index (χ0v) is 25.3. The maximum absolute atomic E-state index is 13.7. The number of alkyl halides is 3. The zero-order valence-electron chi connectivity index (χ0n) is 22.1. The first-order chi connectivity index (χ1) is 20.5. The Morgan fingerprint density at radius 2 is 1.14 bits per heavy atom. The molecule has 43 heavy (non-hydrogen) atoms. The van der Waals surface area contributed by atoms with Crippen molar-refractivity contribution in [3.63, 3.8) is 0 Å². The molecule has 5 rings (SSSR count). The summed E-state index contributed by atoms with van der Waals surface area (Å²) in [6.07, 6.45) is 0. The fourth-order valence-corrected chi connectivity index (χ4v) is 10.3. The second kappa shape index (κ2) is 12.6. The average Bonchev–Trinajstić information content (AvgIpc) is 3.01. The quantitative estimate of drug-likeness (QED) is 0.117. The van der Waals surface area contributed by atoms with Gasteiger partial charge >= 0.3 is 15.6 Å². The average molecular weight is 659 g/mol. The van der Waals surface area contributed by atoms with Gasteiger partial charge in [-0.1, -0.05) is 96.2 Å². The summed E-state index contributed by atoms with van der Waals surface area (Å²) >= 11 is 7.71. The molecule has 0 heterocycles. The van der Waals surface area contributed by atoms with Crippen molar-refractivity contribution in [2.24, 2.45) is 0 Å². The van der Waals surface area contributed by atoms with E-state index in [9.17, 15) is 26.4 Å². The highest BCUT2D eigenvalue weighted by atomic mass is 35.5. The van der Waals surface area contributed by atoms with Gasteiger partial charge in [0.15, 0.2) is 5.78 Å². The summed E-state index contributed by atoms with van der Waals surface area (Å²) < 4.78 is 71.6. The first-order valence-corrected chi connectivity index (χ1v) is 16.8. The lowest BCUT2D eigenvalue weighted by Gasteiger charge is -2.39. The summed E-state index contributed by atoms with van der Waals surface area (Å²) in [7, 11) is -9.44. The van der Waals surface area contributed by atoms with Gasteiger partial charge in [0.05, 0.1) is 10.6 Å². The van der Waals surface area contributed by atoms with Gasteiger partial charge in [0.25, 0.3) is 0 Å². The molecule has 0 saturated heterocycles. The summed E-state index contributed by atoms with van der Waals surface area (Å²) in [4.78, 5) is 15.3. The third-order valence-corrected chi connectivity index (χ3v) is 12.5. The van der Waals surface area contributed by atoms with Gasteiger partial charge in [-0.3, -0.25) is 4.79 Å². The van der Waals surface area contributed by atoms with Crippen LogP contribution in [-0.4, -0.2) is 19.7 Å². The van der Waals surface area contributed by atoms with Crippen molar-refractivity contribution in [3.05, 3.63) is 150 Å². The van der Waals surface area contributed by atoms with E-state index in [4.69, 9.17) is 15.2 Å². The Hall–Kier alpha value is -3.54. The first-order valence-electron chi connectivity index (χ1n) is 12.6. The molecule has 0 spiro atoms. The van der Waals surface area contributed by atoms with Crippen LogP contribution >= 0.6 is 33.7 Å². The summed E-state index contributed by atoms with van der Waals surface area (Å²) in [6, 6.07) is 36.2. The summed E-state index contributed by atoms with van der Waals surface area (Å²) in [6.45, 7) is 0. The number of ketones is 1. The van der Waals surface area contributed by atoms with E-state index in [0.29, 0.717) is 20.9 Å². The number of rotatable bonds is 9. The largest absolute Gasteiger partial charge is 0.524 e. The molecule has 0 aliphatic heterocycles. The van der Waals surface area contributed by atoms with Crippen LogP contribution in [0.15, 0.2) is 158 Å². The Labute approximate surface area is 258 Å². The van der Waals surface area contributed by atoms with E-state index >= 15 is 0 Å². The maximum Gasteiger partial charge on any atom is 0.524 e. The Morgan fingerprint density at radius 3 is 1.65 bits per heavy atom. The van der Waals surface area contributed by atoms with Crippen LogP contribution in [0.1, 0.15) is 15.9 Å². The Morgan fingerprint density at radius 1 is 0.651 bits per heavy atom. The van der Waals surface area contributed by atoms with E-state index in [0.717, 1.165) is 0 Å². The van der Waals surface area contributed by atoms with Crippen LogP contribution in [0.3, 0.4) is 0 Å². The van der Waals surface area contributed by atoms with Crippen molar-refractivity contribution < 1.29 is 30.0 Å². The molecule has 0 atom stereocenters. The minimum absolute atomic E-state index is 0.230. The van der Waals surface area contributed by atoms with E-state index < -0.39 is 25.9 Å². The van der Waals surface area contributed by atoms with Gasteiger partial charge in [-0.05, 0) is 71.0 Å². The molecule has 0 radical (unpaired) electrons. The highest BCUT2D eigenvalue weighted by Crippen LogP contribution is 2.70. The molecular formula is C32H22ClF3O4S3. The minimum atomic E-state index is -6.03. The Balaban J connectivity index is 1.61. The van der Waals surface area contributed by atoms with Gasteiger partial charge in [0, 0.05) is 30.0 Å². The molecule has 5 aromatic carbocycles. The molecule has 4 nitrogen and oxygen atoms in total. The van der Waals surface area contributed by atoms with Gasteiger partial charge in [0.2, 0.25) is 0 Å². The van der Waals surface area contributed by atoms with Crippen LogP contribution in [0.2, 0.25) is 5.02 Å². The Kier molecular flexibility index (Phi) is 9.05. The number of carbonyl (C=O) groups excluding carboxylic acids is 1. The highest BCUT2D eigenvalue weighted by molar-refractivity contribution is 8.33. The van der Waals surface area contributed by atoms with Crippen LogP contribution in [0, 0.1) is 0 Å². The van der Waals surface area contributed by atoms with Gasteiger partial charge in [-0.25, -0.2) is 0 Å². The second-order valence-corrected chi connectivity index (χ2v) is 15.0. The fraction of sp³-hybridized carbons (Fsp3) is 0.0312. The van der Waals surface area contributed by atoms with Crippen molar-refractivity contribution in [3.8, 4) is 0 Å². The number of carbonyl (C=O) groups is 1. The monoisotopic (exact) mass is 658 g/mol. The molecule has 0 aliphatic rings. The van der Waals surface area contributed by atoms with Gasteiger partial charge in [0.1, 0.15) is 0 Å². The van der Waals surface area contributed by atoms with Crippen molar-refractivity contribution in [1.29, 1.82) is 0 Å². The van der Waals surface area contributed by atoms with E-state index in [1.54, 1.807) is 133 Å². The highest BCUT2D eigenvalue weighted by Gasteiger charge is 2.52. The van der Waals surface area contributed by atoms with Gasteiger partial charge < -0.3 is 0 Å². The van der Waals surface area contributed by atoms with Crippen molar-refractivity contribution in [2.75, 3.05) is 0 Å². The van der Waals surface area contributed by atoms with Crippen LogP contribution in [-0.2, 0) is 13.7 Å². The molecule has 0 unspecified atom stereocenters. The fourth-order valence-electron chi connectivity index (χ4n) is 4.29. The topological polar surface area (TPSA) is 60.4 Å². The standard InChI is InChI=1S/C32H22ClF3O4S3/c33-28-17-10-18-29(30(28)31(37)23-11-4-1-5-12-23)41-24-19-21-27(22-20-24)42(25-13-6-2-7-14-25,26-15-8-3-9-16-26)40-43(38,39)32(34,35)36/h1-22H. The molecule has 0 amide bonds. The molecule has 0 aliphatic carbocycles. The molecule has 0 saturated carbocycles. The molecule has 0 aromatic heterocycles. The van der Waals surface area contributed by atoms with E-state index in [2.05, 4.69) is 0 Å². The maximum atomic E-state index is 13.7. The van der Waals surface area contributed by atoms with Gasteiger partial charge in [-0.2, -0.15) is 25.2 Å². The minimum Gasteiger partial charge on any atom is -0.289 e. The summed E-state index contributed by atoms with van der Waals surface area (Å²) in [5, 5.41) is 0.276. The molecular weight excluding hydrogens is 637 g/mol. The normalized spacial score (nSPS) is 12.6. The molecule has 0 bridgehead atoms. The van der Waals surface area contributed by atoms with Crippen LogP contribution < -0.4 is 0 Å². The van der Waals surface area contributed by atoms with E-state index in [1.165, 1.54) is 11.8 Å². The lowest BCUT2D eigenvalue weighted by Crippen LogP contribution is -2.27. The SMILES string of the molecule is O=C(c1ccccc1)c1c(Cl)cccc1Sc1ccc(S(OS(=O)(=O)C(F)(F)F)(c2ccccc2)c2ccccc2)cc1. The van der Waals surface area contributed by atoms with Crippen molar-refractivity contribution in [1.82, 2.24) is 0 Å². The summed E-state index contributed by atoms with van der Waals surface area (Å²) in [5.41, 5.74) is -4.86. The lowest BCUT2D eigenvalue weighted by atomic mass is 10.0. The third-order valence-electron chi connectivity index (χ3n) is 6.25. The Bertz CT molecular complexity index is 1800. The molecule has 0 fully saturated rings. The molecule has 0 N–H and O–H groups in total. The molecule has 5 aromatic rings. The number of halogens is 4. The second-order valence-electron chi connectivity index (χ2n) is 9.03. The van der Waals surface area contributed by atoms with Crippen molar-refractivity contribution >= 4 is 49.6 Å². The molecule has 220 valence electrons. The van der Waals surface area contributed by atoms with Crippen LogP contribution in [0.4, 0.5) is 13.2 Å². The van der Waals surface area contributed by atoms with Gasteiger partial charge in [-0.15, -0.1) is 0 Å². The molecule has 11 heteroatoms. The van der Waals surface area contributed by atoms with Crippen LogP contribution in [0.25, 0.3) is 0 Å². The smallest absolute Gasteiger partial charge is 0.289 e. The number of hydrogen-bond donors (Lipinski definition) is 0. The predicted molar refractivity (Wildman–Crippen MR) is 163 cm³/mol. The number of benzene rings is 5.